The summed E-state index contributed by atoms with van der Waals surface area (Å²) in [5.74, 6) is 0.159. The molecule has 1 amide bonds. The summed E-state index contributed by atoms with van der Waals surface area (Å²) in [4.78, 5) is 11.1. The largest absolute Gasteiger partial charge is 0.384 e. The molecule has 0 aromatic carbocycles. The van der Waals surface area contributed by atoms with Gasteiger partial charge < -0.3 is 10.4 Å². The number of carbonyl (C=O) groups is 1. The summed E-state index contributed by atoms with van der Waals surface area (Å²) >= 11 is 0. The standard InChI is InChI=1S/C8H13N3O2/c1-5-4-7(11(3)10-5)9-8(13)6(2)12/h4,6,12H,1-3H3,(H,9,13). The van der Waals surface area contributed by atoms with Crippen molar-refractivity contribution in [2.24, 2.45) is 7.05 Å². The summed E-state index contributed by atoms with van der Waals surface area (Å²) in [6, 6.07) is 1.74. The summed E-state index contributed by atoms with van der Waals surface area (Å²) in [5, 5.41) is 15.5. The van der Waals surface area contributed by atoms with Crippen molar-refractivity contribution in [1.82, 2.24) is 9.78 Å². The van der Waals surface area contributed by atoms with E-state index in [1.54, 1.807) is 17.8 Å². The predicted molar refractivity (Wildman–Crippen MR) is 48.3 cm³/mol. The molecule has 1 heterocycles. The van der Waals surface area contributed by atoms with Gasteiger partial charge in [-0.2, -0.15) is 5.10 Å². The number of anilines is 1. The van der Waals surface area contributed by atoms with E-state index in [1.807, 2.05) is 6.92 Å². The Morgan fingerprint density at radius 3 is 2.77 bits per heavy atom. The number of nitrogens with one attached hydrogen (secondary N) is 1. The fraction of sp³-hybridized carbons (Fsp3) is 0.500. The van der Waals surface area contributed by atoms with Crippen LogP contribution >= 0.6 is 0 Å². The van der Waals surface area contributed by atoms with Crippen LogP contribution in [0.3, 0.4) is 0 Å². The van der Waals surface area contributed by atoms with Crippen molar-refractivity contribution in [1.29, 1.82) is 0 Å². The van der Waals surface area contributed by atoms with Gasteiger partial charge in [0.05, 0.1) is 5.69 Å². The number of aromatic nitrogens is 2. The van der Waals surface area contributed by atoms with E-state index < -0.39 is 12.0 Å². The molecule has 5 nitrogen and oxygen atoms in total. The molecular weight excluding hydrogens is 170 g/mol. The Balaban J connectivity index is 2.74. The van der Waals surface area contributed by atoms with Gasteiger partial charge >= 0.3 is 0 Å². The molecule has 0 fully saturated rings. The van der Waals surface area contributed by atoms with Gasteiger partial charge in [0.15, 0.2) is 0 Å². The van der Waals surface area contributed by atoms with E-state index in [-0.39, 0.29) is 0 Å². The second-order valence-corrected chi connectivity index (χ2v) is 2.96. The number of nitrogens with zero attached hydrogens (tertiary/aromatic N) is 2. The first kappa shape index (κ1) is 9.73. The van der Waals surface area contributed by atoms with Gasteiger partial charge in [0.2, 0.25) is 0 Å². The van der Waals surface area contributed by atoms with E-state index >= 15 is 0 Å². The first-order chi connectivity index (χ1) is 6.00. The topological polar surface area (TPSA) is 67.2 Å². The minimum Gasteiger partial charge on any atom is -0.384 e. The molecule has 0 aliphatic heterocycles. The van der Waals surface area contributed by atoms with Crippen molar-refractivity contribution in [2.45, 2.75) is 20.0 Å². The molecule has 72 valence electrons. The van der Waals surface area contributed by atoms with Crippen molar-refractivity contribution < 1.29 is 9.90 Å². The lowest BCUT2D eigenvalue weighted by Crippen LogP contribution is -2.25. The lowest BCUT2D eigenvalue weighted by Gasteiger charge is -2.05. The highest BCUT2D eigenvalue weighted by atomic mass is 16.3. The van der Waals surface area contributed by atoms with Crippen LogP contribution in [0.1, 0.15) is 12.6 Å². The average molecular weight is 183 g/mol. The highest BCUT2D eigenvalue weighted by molar-refractivity contribution is 5.92. The Kier molecular flexibility index (Phi) is 2.67. The van der Waals surface area contributed by atoms with Crippen LogP contribution in [0, 0.1) is 6.92 Å². The molecule has 0 saturated heterocycles. The first-order valence-corrected chi connectivity index (χ1v) is 4.00. The molecule has 0 aliphatic rings. The third-order valence-corrected chi connectivity index (χ3v) is 1.63. The van der Waals surface area contributed by atoms with Gasteiger partial charge in [0.1, 0.15) is 11.9 Å². The highest BCUT2D eigenvalue weighted by Gasteiger charge is 2.11. The Morgan fingerprint density at radius 2 is 2.38 bits per heavy atom. The van der Waals surface area contributed by atoms with E-state index in [0.29, 0.717) is 5.82 Å². The molecule has 2 N–H and O–H groups in total. The summed E-state index contributed by atoms with van der Waals surface area (Å²) in [7, 11) is 1.73. The number of hydrogen-bond acceptors (Lipinski definition) is 3. The van der Waals surface area contributed by atoms with Gasteiger partial charge in [-0.15, -0.1) is 0 Å². The van der Waals surface area contributed by atoms with Crippen LogP contribution in [0.4, 0.5) is 5.82 Å². The first-order valence-electron chi connectivity index (χ1n) is 4.00. The van der Waals surface area contributed by atoms with Gasteiger partial charge in [-0.3, -0.25) is 9.48 Å². The Morgan fingerprint density at radius 1 is 1.77 bits per heavy atom. The highest BCUT2D eigenvalue weighted by Crippen LogP contribution is 2.07. The fourth-order valence-electron chi connectivity index (χ4n) is 0.958. The maximum atomic E-state index is 11.1. The van der Waals surface area contributed by atoms with Crippen LogP contribution in [0.5, 0.6) is 0 Å². The third kappa shape index (κ3) is 2.29. The molecule has 1 atom stereocenters. The third-order valence-electron chi connectivity index (χ3n) is 1.63. The maximum Gasteiger partial charge on any atom is 0.254 e. The van der Waals surface area contributed by atoms with Crippen LogP contribution in [-0.2, 0) is 11.8 Å². The molecule has 0 saturated carbocycles. The number of aliphatic hydroxyl groups is 1. The van der Waals surface area contributed by atoms with Crippen LogP contribution in [0.2, 0.25) is 0 Å². The zero-order valence-corrected chi connectivity index (χ0v) is 7.90. The van der Waals surface area contributed by atoms with E-state index in [2.05, 4.69) is 10.4 Å². The van der Waals surface area contributed by atoms with E-state index in [9.17, 15) is 4.79 Å². The number of aliphatic hydroxyl groups excluding tert-OH is 1. The van der Waals surface area contributed by atoms with E-state index in [0.717, 1.165) is 5.69 Å². The molecule has 13 heavy (non-hydrogen) atoms. The Labute approximate surface area is 76.4 Å². The van der Waals surface area contributed by atoms with Crippen molar-refractivity contribution in [2.75, 3.05) is 5.32 Å². The summed E-state index contributed by atoms with van der Waals surface area (Å²) in [6.07, 6.45) is -1.00. The summed E-state index contributed by atoms with van der Waals surface area (Å²) in [5.41, 5.74) is 0.823. The second kappa shape index (κ2) is 3.57. The smallest absolute Gasteiger partial charge is 0.254 e. The van der Waals surface area contributed by atoms with Crippen molar-refractivity contribution in [3.8, 4) is 0 Å². The molecule has 0 bridgehead atoms. The van der Waals surface area contributed by atoms with E-state index in [4.69, 9.17) is 5.11 Å². The van der Waals surface area contributed by atoms with Crippen LogP contribution in [0.25, 0.3) is 0 Å². The molecular formula is C8H13N3O2. The number of hydrogen-bond donors (Lipinski definition) is 2. The monoisotopic (exact) mass is 183 g/mol. The Bertz CT molecular complexity index is 317. The van der Waals surface area contributed by atoms with Gasteiger partial charge in [-0.1, -0.05) is 0 Å². The number of amides is 1. The lowest BCUT2D eigenvalue weighted by molar-refractivity contribution is -0.123. The zero-order valence-electron chi connectivity index (χ0n) is 7.90. The van der Waals surface area contributed by atoms with E-state index in [1.165, 1.54) is 6.92 Å². The minimum atomic E-state index is -1.00. The second-order valence-electron chi connectivity index (χ2n) is 2.96. The van der Waals surface area contributed by atoms with Crippen molar-refractivity contribution in [3.63, 3.8) is 0 Å². The van der Waals surface area contributed by atoms with Gasteiger partial charge in [-0.25, -0.2) is 0 Å². The molecule has 1 rings (SSSR count). The van der Waals surface area contributed by atoms with Gasteiger partial charge in [-0.05, 0) is 13.8 Å². The molecule has 1 aromatic rings. The molecule has 5 heteroatoms. The van der Waals surface area contributed by atoms with Crippen LogP contribution < -0.4 is 5.32 Å². The zero-order chi connectivity index (χ0) is 10.0. The SMILES string of the molecule is Cc1cc(NC(=O)C(C)O)n(C)n1. The molecule has 0 aliphatic carbocycles. The number of aryl methyl sites for hydroxylation is 2. The number of rotatable bonds is 2. The van der Waals surface area contributed by atoms with Crippen LogP contribution in [-0.4, -0.2) is 26.9 Å². The molecule has 1 unspecified atom stereocenters. The maximum absolute atomic E-state index is 11.1. The predicted octanol–water partition coefficient (Wildman–Crippen LogP) is 0.0478. The fourth-order valence-corrected chi connectivity index (χ4v) is 0.958. The number of carbonyl (C=O) groups excluding carboxylic acids is 1. The normalized spacial score (nSPS) is 12.6. The quantitative estimate of drug-likeness (QED) is 0.680. The van der Waals surface area contributed by atoms with Gasteiger partial charge in [0, 0.05) is 13.1 Å². The minimum absolute atomic E-state index is 0.428. The van der Waals surface area contributed by atoms with Crippen molar-refractivity contribution >= 4 is 11.7 Å². The molecule has 1 aromatic heterocycles. The van der Waals surface area contributed by atoms with Gasteiger partial charge in [0.25, 0.3) is 5.91 Å². The lowest BCUT2D eigenvalue weighted by atomic mass is 10.4. The molecule has 0 radical (unpaired) electrons. The summed E-state index contributed by atoms with van der Waals surface area (Å²) < 4.78 is 1.55. The average Bonchev–Trinajstić information content (AvgIpc) is 2.30. The molecule has 0 spiro atoms. The summed E-state index contributed by atoms with van der Waals surface area (Å²) in [6.45, 7) is 3.25. The Hall–Kier alpha value is -1.36. The van der Waals surface area contributed by atoms with Crippen LogP contribution in [0.15, 0.2) is 6.07 Å². The van der Waals surface area contributed by atoms with Crippen molar-refractivity contribution in [3.05, 3.63) is 11.8 Å².